The van der Waals surface area contributed by atoms with Gasteiger partial charge in [0.15, 0.2) is 0 Å². The molecule has 0 unspecified atom stereocenters. The molecular weight excluding hydrogens is 471 g/mol. The van der Waals surface area contributed by atoms with Crippen molar-refractivity contribution in [1.29, 1.82) is 0 Å². The summed E-state index contributed by atoms with van der Waals surface area (Å²) in [7, 11) is 0. The topological polar surface area (TPSA) is 93.1 Å². The van der Waals surface area contributed by atoms with Crippen molar-refractivity contribution in [2.24, 2.45) is 0 Å². The van der Waals surface area contributed by atoms with Crippen LogP contribution in [0.2, 0.25) is 10.0 Å². The van der Waals surface area contributed by atoms with Crippen LogP contribution in [0.5, 0.6) is 11.5 Å². The Bertz CT molecular complexity index is 807. The third kappa shape index (κ3) is 8.95. The molecule has 2 aromatic rings. The van der Waals surface area contributed by atoms with E-state index in [1.807, 2.05) is 0 Å². The van der Waals surface area contributed by atoms with Gasteiger partial charge in [0.25, 0.3) is 0 Å². The fourth-order valence-electron chi connectivity index (χ4n) is 2.10. The van der Waals surface area contributed by atoms with Crippen LogP contribution in [-0.2, 0) is 19.1 Å². The maximum atomic E-state index is 11.7. The predicted molar refractivity (Wildman–Crippen MR) is 119 cm³/mol. The number of unbranched alkanes of at least 4 members (excludes halogenated alkanes) is 1. The summed E-state index contributed by atoms with van der Waals surface area (Å²) in [6, 6.07) is 9.44. The molecule has 0 saturated heterocycles. The van der Waals surface area contributed by atoms with Gasteiger partial charge in [0.2, 0.25) is 0 Å². The molecule has 0 aromatic heterocycles. The molecule has 0 fully saturated rings. The first-order valence-electron chi connectivity index (χ1n) is 8.89. The Labute approximate surface area is 192 Å². The number of esters is 2. The lowest BCUT2D eigenvalue weighted by Crippen LogP contribution is -2.11. The number of halogens is 2. The van der Waals surface area contributed by atoms with E-state index in [2.05, 4.69) is 0 Å². The van der Waals surface area contributed by atoms with Crippen LogP contribution in [0.1, 0.15) is 12.8 Å². The van der Waals surface area contributed by atoms with Crippen molar-refractivity contribution in [3.63, 3.8) is 0 Å². The normalized spacial score (nSPS) is 10.6. The first-order chi connectivity index (χ1) is 14.3. The highest BCUT2D eigenvalue weighted by molar-refractivity contribution is 8.00. The number of phenolic OH excluding ortho intramolecular Hbond substituents is 2. The van der Waals surface area contributed by atoms with E-state index < -0.39 is 0 Å². The summed E-state index contributed by atoms with van der Waals surface area (Å²) >= 11 is 14.2. The van der Waals surface area contributed by atoms with E-state index in [4.69, 9.17) is 32.7 Å². The zero-order valence-corrected chi connectivity index (χ0v) is 19.0. The van der Waals surface area contributed by atoms with E-state index in [0.29, 0.717) is 12.8 Å². The lowest BCUT2D eigenvalue weighted by atomic mass is 10.3. The van der Waals surface area contributed by atoms with E-state index >= 15 is 0 Å². The Morgan fingerprint density at radius 3 is 1.53 bits per heavy atom. The van der Waals surface area contributed by atoms with Gasteiger partial charge in [0, 0.05) is 9.79 Å². The Morgan fingerprint density at radius 1 is 0.767 bits per heavy atom. The van der Waals surface area contributed by atoms with Gasteiger partial charge >= 0.3 is 11.9 Å². The first-order valence-corrected chi connectivity index (χ1v) is 11.6. The maximum Gasteiger partial charge on any atom is 0.316 e. The van der Waals surface area contributed by atoms with E-state index in [-0.39, 0.29) is 58.2 Å². The number of carbonyl (C=O) groups excluding carboxylic acids is 2. The van der Waals surface area contributed by atoms with Crippen molar-refractivity contribution >= 4 is 58.7 Å². The zero-order chi connectivity index (χ0) is 21.9. The molecule has 30 heavy (non-hydrogen) atoms. The minimum Gasteiger partial charge on any atom is -0.506 e. The fraction of sp³-hybridized carbons (Fsp3) is 0.300. The van der Waals surface area contributed by atoms with Crippen molar-refractivity contribution in [2.75, 3.05) is 24.7 Å². The van der Waals surface area contributed by atoms with Gasteiger partial charge < -0.3 is 19.7 Å². The molecule has 162 valence electrons. The van der Waals surface area contributed by atoms with Crippen molar-refractivity contribution < 1.29 is 29.3 Å². The number of carbonyl (C=O) groups is 2. The summed E-state index contributed by atoms with van der Waals surface area (Å²) in [5.74, 6) is -0.459. The van der Waals surface area contributed by atoms with Crippen LogP contribution in [0, 0.1) is 0 Å². The predicted octanol–water partition coefficient (Wildman–Crippen LogP) is 5.16. The van der Waals surface area contributed by atoms with Crippen molar-refractivity contribution in [3.8, 4) is 11.5 Å². The molecule has 0 atom stereocenters. The SMILES string of the molecule is O=C(CSc1ccc(O)c(Cl)c1)OCCCCOC(=O)CSc1ccc(O)c(Cl)c1. The quantitative estimate of drug-likeness (QED) is 0.253. The molecule has 10 heteroatoms. The molecule has 2 aromatic carbocycles. The molecule has 0 aliphatic heterocycles. The van der Waals surface area contributed by atoms with Crippen LogP contribution in [0.15, 0.2) is 46.2 Å². The van der Waals surface area contributed by atoms with E-state index in [0.717, 1.165) is 9.79 Å². The van der Waals surface area contributed by atoms with Crippen molar-refractivity contribution in [1.82, 2.24) is 0 Å². The summed E-state index contributed by atoms with van der Waals surface area (Å²) in [5, 5.41) is 19.2. The summed E-state index contributed by atoms with van der Waals surface area (Å²) in [6.07, 6.45) is 1.16. The molecule has 0 amide bonds. The Kier molecular flexibility index (Phi) is 10.5. The summed E-state index contributed by atoms with van der Waals surface area (Å²) in [6.45, 7) is 0.488. The van der Waals surface area contributed by atoms with Gasteiger partial charge in [-0.15, -0.1) is 23.5 Å². The minimum atomic E-state index is -0.356. The number of phenols is 2. The van der Waals surface area contributed by atoms with Gasteiger partial charge in [-0.1, -0.05) is 23.2 Å². The molecule has 6 nitrogen and oxygen atoms in total. The van der Waals surface area contributed by atoms with Crippen molar-refractivity contribution in [2.45, 2.75) is 22.6 Å². The molecular formula is C20H20Cl2O6S2. The van der Waals surface area contributed by atoms with Crippen LogP contribution in [0.4, 0.5) is 0 Å². The molecule has 0 aliphatic carbocycles. The van der Waals surface area contributed by atoms with Crippen molar-refractivity contribution in [3.05, 3.63) is 46.4 Å². The molecule has 0 bridgehead atoms. The molecule has 0 aliphatic rings. The molecule has 0 heterocycles. The average Bonchev–Trinajstić information content (AvgIpc) is 2.72. The van der Waals surface area contributed by atoms with Gasteiger partial charge in [0.05, 0.1) is 34.8 Å². The fourth-order valence-corrected chi connectivity index (χ4v) is 4.06. The number of hydrogen-bond donors (Lipinski definition) is 2. The smallest absolute Gasteiger partial charge is 0.316 e. The second-order valence-corrected chi connectivity index (χ2v) is 8.86. The minimum absolute atomic E-state index is 0.00682. The van der Waals surface area contributed by atoms with Crippen LogP contribution < -0.4 is 0 Å². The van der Waals surface area contributed by atoms with Crippen LogP contribution >= 0.6 is 46.7 Å². The number of hydrogen-bond acceptors (Lipinski definition) is 8. The zero-order valence-electron chi connectivity index (χ0n) is 15.8. The molecule has 0 spiro atoms. The highest BCUT2D eigenvalue weighted by Gasteiger charge is 2.08. The second-order valence-electron chi connectivity index (χ2n) is 5.95. The Morgan fingerprint density at radius 2 is 1.17 bits per heavy atom. The maximum absolute atomic E-state index is 11.7. The number of aromatic hydroxyl groups is 2. The van der Waals surface area contributed by atoms with Gasteiger partial charge in [-0.2, -0.15) is 0 Å². The summed E-state index contributed by atoms with van der Waals surface area (Å²) < 4.78 is 10.3. The van der Waals surface area contributed by atoms with Gasteiger partial charge in [-0.05, 0) is 49.2 Å². The standard InChI is InChI=1S/C20H20Cl2O6S2/c21-15-9-13(3-5-17(15)23)29-11-19(25)27-7-1-2-8-28-20(26)12-30-14-4-6-18(24)16(22)10-14/h3-6,9-10,23-24H,1-2,7-8,11-12H2. The van der Waals surface area contributed by atoms with Gasteiger partial charge in [0.1, 0.15) is 11.5 Å². The Balaban J connectivity index is 1.51. The number of benzene rings is 2. The van der Waals surface area contributed by atoms with E-state index in [1.165, 1.54) is 35.7 Å². The summed E-state index contributed by atoms with van der Waals surface area (Å²) in [5.41, 5.74) is 0. The van der Waals surface area contributed by atoms with Gasteiger partial charge in [-0.25, -0.2) is 0 Å². The van der Waals surface area contributed by atoms with E-state index in [1.54, 1.807) is 24.3 Å². The molecule has 0 radical (unpaired) electrons. The molecule has 2 N–H and O–H groups in total. The lowest BCUT2D eigenvalue weighted by Gasteiger charge is -2.07. The average molecular weight is 491 g/mol. The number of thioether (sulfide) groups is 2. The van der Waals surface area contributed by atoms with Crippen LogP contribution in [-0.4, -0.2) is 46.9 Å². The molecule has 2 rings (SSSR count). The third-order valence-corrected chi connectivity index (χ3v) is 6.16. The van der Waals surface area contributed by atoms with Gasteiger partial charge in [-0.3, -0.25) is 9.59 Å². The molecule has 0 saturated carbocycles. The largest absolute Gasteiger partial charge is 0.506 e. The number of rotatable bonds is 11. The van der Waals surface area contributed by atoms with Crippen LogP contribution in [0.3, 0.4) is 0 Å². The second kappa shape index (κ2) is 12.8. The highest BCUT2D eigenvalue weighted by atomic mass is 35.5. The lowest BCUT2D eigenvalue weighted by molar-refractivity contribution is -0.142. The first kappa shape index (κ1) is 24.5. The van der Waals surface area contributed by atoms with E-state index in [9.17, 15) is 19.8 Å². The summed E-state index contributed by atoms with van der Waals surface area (Å²) in [4.78, 5) is 25.0. The van der Waals surface area contributed by atoms with Crippen LogP contribution in [0.25, 0.3) is 0 Å². The monoisotopic (exact) mass is 490 g/mol. The third-order valence-electron chi connectivity index (χ3n) is 3.62. The Hall–Kier alpha value is -1.74. The number of ether oxygens (including phenoxy) is 2. The highest BCUT2D eigenvalue weighted by Crippen LogP contribution is 2.29.